The van der Waals surface area contributed by atoms with E-state index in [0.29, 0.717) is 6.42 Å². The summed E-state index contributed by atoms with van der Waals surface area (Å²) < 4.78 is 14.3. The molecule has 0 aliphatic heterocycles. The summed E-state index contributed by atoms with van der Waals surface area (Å²) in [6, 6.07) is 0. The van der Waals surface area contributed by atoms with Crippen molar-refractivity contribution in [3.05, 3.63) is 0 Å². The van der Waals surface area contributed by atoms with Gasteiger partial charge in [-0.1, -0.05) is 6.92 Å². The molecule has 2 N–H and O–H groups in total. The van der Waals surface area contributed by atoms with Crippen LogP contribution in [0.5, 0.6) is 0 Å². The molecule has 0 amide bonds. The summed E-state index contributed by atoms with van der Waals surface area (Å²) in [7, 11) is -4.24. The third-order valence-corrected chi connectivity index (χ3v) is 1.53. The summed E-state index contributed by atoms with van der Waals surface area (Å²) in [6.45, 7) is 3.40. The van der Waals surface area contributed by atoms with E-state index in [0.717, 1.165) is 0 Å². The molecule has 0 bridgehead atoms. The van der Waals surface area contributed by atoms with Gasteiger partial charge < -0.3 is 11.2 Å². The fourth-order valence-corrected chi connectivity index (χ4v) is 0.927. The van der Waals surface area contributed by atoms with Gasteiger partial charge in [-0.05, 0) is 13.3 Å². The second-order valence-electron chi connectivity index (χ2n) is 1.81. The maximum Gasteiger partial charge on any atom is 1.00 e. The van der Waals surface area contributed by atoms with E-state index in [2.05, 4.69) is 4.52 Å². The van der Waals surface area contributed by atoms with Crippen LogP contribution in [0.2, 0.25) is 0 Å². The van der Waals surface area contributed by atoms with Crippen LogP contribution < -0.4 is 29.6 Å². The fraction of sp³-hybridized carbons (Fsp3) is 1.00. The molecule has 0 saturated carbocycles. The van der Waals surface area contributed by atoms with Gasteiger partial charge in [0.25, 0.3) is 0 Å². The minimum absolute atomic E-state index is 0. The maximum atomic E-state index is 10.1. The van der Waals surface area contributed by atoms with E-state index in [1.807, 2.05) is 0 Å². The molecule has 58 valence electrons. The van der Waals surface area contributed by atoms with E-state index >= 15 is 0 Å². The first-order valence-electron chi connectivity index (χ1n) is 2.69. The Morgan fingerprint density at radius 2 is 2.10 bits per heavy atom. The Morgan fingerprint density at radius 3 is 2.20 bits per heavy atom. The van der Waals surface area contributed by atoms with Gasteiger partial charge in [0.2, 0.25) is 0 Å². The zero-order chi connectivity index (χ0) is 7.49. The zero-order valence-corrected chi connectivity index (χ0v) is 9.34. The quantitative estimate of drug-likeness (QED) is 0.388. The Labute approximate surface area is 84.0 Å². The number of hydrogen-bond donors (Lipinski definition) is 2. The number of phosphoric ester groups is 1. The minimum atomic E-state index is -4.24. The van der Waals surface area contributed by atoms with Gasteiger partial charge in [0.15, 0.2) is 0 Å². The Hall–Kier alpha value is 1.11. The molecule has 0 aromatic carbocycles. The monoisotopic (exact) mass is 178 g/mol. The summed E-state index contributed by atoms with van der Waals surface area (Å²) in [5.41, 5.74) is 0. The molecule has 10 heavy (non-hydrogen) atoms. The molecule has 0 aromatic heterocycles. The van der Waals surface area contributed by atoms with Crippen LogP contribution in [0.25, 0.3) is 0 Å². The molecule has 0 saturated heterocycles. The van der Waals surface area contributed by atoms with Crippen LogP contribution in [0.3, 0.4) is 0 Å². The fourth-order valence-electron chi connectivity index (χ4n) is 0.309. The van der Waals surface area contributed by atoms with Crippen molar-refractivity contribution in [1.29, 1.82) is 0 Å². The number of phosphoric acid groups is 1. The molecule has 6 heteroatoms. The molecule has 0 aromatic rings. The molecule has 0 aliphatic carbocycles. The largest absolute Gasteiger partial charge is 1.00 e. The molecule has 0 rings (SSSR count). The normalized spacial score (nSPS) is 14.0. The van der Waals surface area contributed by atoms with Crippen LogP contribution >= 0.6 is 7.82 Å². The second kappa shape index (κ2) is 5.72. The first-order chi connectivity index (χ1) is 3.95. The van der Waals surface area contributed by atoms with Crippen molar-refractivity contribution in [1.82, 2.24) is 0 Å². The van der Waals surface area contributed by atoms with Crippen LogP contribution in [-0.4, -0.2) is 15.9 Å². The van der Waals surface area contributed by atoms with E-state index in [-0.39, 0.29) is 37.1 Å². The van der Waals surface area contributed by atoms with E-state index in [1.54, 1.807) is 13.8 Å². The van der Waals surface area contributed by atoms with Crippen molar-refractivity contribution in [3.63, 3.8) is 0 Å². The molecule has 0 spiro atoms. The SMILES string of the molecule is CCC(C)OP(=O)(O)O.[H-].[Na+]. The van der Waals surface area contributed by atoms with Gasteiger partial charge in [-0.15, -0.1) is 0 Å². The van der Waals surface area contributed by atoms with E-state index in [4.69, 9.17) is 9.79 Å². The third-order valence-electron chi connectivity index (χ3n) is 0.892. The summed E-state index contributed by atoms with van der Waals surface area (Å²) in [6.07, 6.45) is 0.233. The average Bonchev–Trinajstić information content (AvgIpc) is 1.62. The van der Waals surface area contributed by atoms with Crippen LogP contribution in [0.15, 0.2) is 0 Å². The summed E-state index contributed by atoms with van der Waals surface area (Å²) in [5.74, 6) is 0. The number of hydrogen-bond acceptors (Lipinski definition) is 2. The van der Waals surface area contributed by atoms with Crippen molar-refractivity contribution in [3.8, 4) is 0 Å². The molecule has 0 radical (unpaired) electrons. The Balaban J connectivity index is -0.000000320. The molecule has 0 aliphatic rings. The van der Waals surface area contributed by atoms with Crippen molar-refractivity contribution in [2.24, 2.45) is 0 Å². The van der Waals surface area contributed by atoms with Crippen LogP contribution in [0.4, 0.5) is 0 Å². The van der Waals surface area contributed by atoms with Crippen molar-refractivity contribution < 1.29 is 49.9 Å². The first-order valence-corrected chi connectivity index (χ1v) is 4.22. The van der Waals surface area contributed by atoms with Gasteiger partial charge in [-0.3, -0.25) is 4.52 Å². The maximum absolute atomic E-state index is 10.1. The third kappa shape index (κ3) is 9.11. The molecular formula is C4H12NaO4P. The topological polar surface area (TPSA) is 66.8 Å². The molecule has 4 nitrogen and oxygen atoms in total. The minimum Gasteiger partial charge on any atom is -1.00 e. The molecular weight excluding hydrogens is 166 g/mol. The van der Waals surface area contributed by atoms with Crippen LogP contribution in [-0.2, 0) is 9.09 Å². The zero-order valence-electron chi connectivity index (χ0n) is 7.44. The van der Waals surface area contributed by atoms with E-state index < -0.39 is 7.82 Å². The summed E-state index contributed by atoms with van der Waals surface area (Å²) in [5, 5.41) is 0. The smallest absolute Gasteiger partial charge is 1.00 e. The van der Waals surface area contributed by atoms with Gasteiger partial charge in [0.1, 0.15) is 0 Å². The molecule has 1 atom stereocenters. The van der Waals surface area contributed by atoms with Gasteiger partial charge in [0, 0.05) is 0 Å². The van der Waals surface area contributed by atoms with Crippen molar-refractivity contribution in [2.75, 3.05) is 0 Å². The molecule has 0 fully saturated rings. The van der Waals surface area contributed by atoms with Gasteiger partial charge >= 0.3 is 37.4 Å². The van der Waals surface area contributed by atoms with E-state index in [9.17, 15) is 4.57 Å². The molecule has 1 unspecified atom stereocenters. The Morgan fingerprint density at radius 1 is 1.70 bits per heavy atom. The predicted octanol–water partition coefficient (Wildman–Crippen LogP) is -1.99. The second-order valence-corrected chi connectivity index (χ2v) is 3.01. The average molecular weight is 178 g/mol. The summed E-state index contributed by atoms with van der Waals surface area (Å²) in [4.78, 5) is 16.4. The van der Waals surface area contributed by atoms with Crippen LogP contribution in [0.1, 0.15) is 21.7 Å². The van der Waals surface area contributed by atoms with Crippen LogP contribution in [0, 0.1) is 0 Å². The Bertz CT molecular complexity index is 127. The van der Waals surface area contributed by atoms with E-state index in [1.165, 1.54) is 0 Å². The van der Waals surface area contributed by atoms with Gasteiger partial charge in [-0.2, -0.15) is 0 Å². The summed E-state index contributed by atoms with van der Waals surface area (Å²) >= 11 is 0. The predicted molar refractivity (Wildman–Crippen MR) is 34.0 cm³/mol. The van der Waals surface area contributed by atoms with Gasteiger partial charge in [0.05, 0.1) is 6.10 Å². The standard InChI is InChI=1S/C4H11O4P.Na.H/c1-3-4(2)8-9(5,6)7;;/h4H,3H2,1-2H3,(H2,5,6,7);;/q;+1;-1. The first kappa shape index (κ1) is 13.7. The van der Waals surface area contributed by atoms with Gasteiger partial charge in [-0.25, -0.2) is 4.57 Å². The molecule has 0 heterocycles. The number of rotatable bonds is 3. The van der Waals surface area contributed by atoms with Crippen molar-refractivity contribution in [2.45, 2.75) is 26.4 Å². The Kier molecular flexibility index (Phi) is 7.83. The van der Waals surface area contributed by atoms with Crippen molar-refractivity contribution >= 4 is 7.82 Å².